The monoisotopic (exact) mass is 224 g/mol. The Kier molecular flexibility index (Phi) is 2.91. The number of aromatic nitrogens is 1. The third-order valence-corrected chi connectivity index (χ3v) is 3.01. The van der Waals surface area contributed by atoms with E-state index in [1.165, 1.54) is 0 Å². The molecule has 1 aromatic rings. The van der Waals surface area contributed by atoms with E-state index in [1.54, 1.807) is 6.20 Å². The van der Waals surface area contributed by atoms with Gasteiger partial charge in [-0.25, -0.2) is 4.98 Å². The molecule has 2 heterocycles. The van der Waals surface area contributed by atoms with E-state index in [-0.39, 0.29) is 5.92 Å². The van der Waals surface area contributed by atoms with Crippen molar-refractivity contribution in [3.8, 4) is 0 Å². The van der Waals surface area contributed by atoms with E-state index in [0.717, 1.165) is 18.9 Å². The second kappa shape index (κ2) is 4.19. The van der Waals surface area contributed by atoms with E-state index in [4.69, 9.17) is 11.6 Å². The first kappa shape index (κ1) is 10.4. The van der Waals surface area contributed by atoms with Gasteiger partial charge in [-0.05, 0) is 12.1 Å². The van der Waals surface area contributed by atoms with Gasteiger partial charge in [0.2, 0.25) is 0 Å². The maximum atomic E-state index is 11.4. The first-order chi connectivity index (χ1) is 7.18. The van der Waals surface area contributed by atoms with Crippen LogP contribution >= 0.6 is 11.6 Å². The molecular formula is C11H13ClN2O. The number of carbonyl (C=O) groups excluding carboxylic acids is 1. The maximum absolute atomic E-state index is 11.4. The van der Waals surface area contributed by atoms with Crippen LogP contribution in [0.3, 0.4) is 0 Å². The quantitative estimate of drug-likeness (QED) is 0.733. The van der Waals surface area contributed by atoms with Crippen molar-refractivity contribution in [2.45, 2.75) is 13.3 Å². The number of hydrogen-bond donors (Lipinski definition) is 0. The summed E-state index contributed by atoms with van der Waals surface area (Å²) in [4.78, 5) is 17.7. The zero-order chi connectivity index (χ0) is 10.8. The van der Waals surface area contributed by atoms with Gasteiger partial charge in [0.15, 0.2) is 0 Å². The Morgan fingerprint density at radius 2 is 2.40 bits per heavy atom. The summed E-state index contributed by atoms with van der Waals surface area (Å²) in [7, 11) is 0. The maximum Gasteiger partial charge on any atom is 0.147 e. The van der Waals surface area contributed by atoms with E-state index in [1.807, 2.05) is 19.1 Å². The molecule has 0 aliphatic carbocycles. The van der Waals surface area contributed by atoms with E-state index >= 15 is 0 Å². The van der Waals surface area contributed by atoms with Gasteiger partial charge in [0.25, 0.3) is 0 Å². The molecule has 15 heavy (non-hydrogen) atoms. The molecule has 0 aromatic carbocycles. The smallest absolute Gasteiger partial charge is 0.147 e. The molecular weight excluding hydrogens is 212 g/mol. The number of nitrogens with zero attached hydrogens (tertiary/aromatic N) is 2. The number of Topliss-reactive ketones (excluding diaryl/α,β-unsaturated/α-hetero) is 1. The number of ketones is 1. The van der Waals surface area contributed by atoms with Crippen molar-refractivity contribution in [1.29, 1.82) is 0 Å². The predicted octanol–water partition coefficient (Wildman–Crippen LogP) is 2.15. The van der Waals surface area contributed by atoms with Crippen molar-refractivity contribution in [1.82, 2.24) is 4.98 Å². The summed E-state index contributed by atoms with van der Waals surface area (Å²) in [6.45, 7) is 3.39. The van der Waals surface area contributed by atoms with Gasteiger partial charge in [0.1, 0.15) is 11.6 Å². The minimum atomic E-state index is 0.0804. The van der Waals surface area contributed by atoms with Crippen molar-refractivity contribution >= 4 is 23.2 Å². The first-order valence-electron chi connectivity index (χ1n) is 5.06. The van der Waals surface area contributed by atoms with Crippen molar-refractivity contribution < 1.29 is 4.79 Å². The van der Waals surface area contributed by atoms with Gasteiger partial charge in [-0.15, -0.1) is 0 Å². The Bertz CT molecular complexity index is 381. The number of piperidine rings is 1. The van der Waals surface area contributed by atoms with Crippen LogP contribution in [0.4, 0.5) is 5.82 Å². The van der Waals surface area contributed by atoms with Gasteiger partial charge >= 0.3 is 0 Å². The summed E-state index contributed by atoms with van der Waals surface area (Å²) in [5, 5.41) is 0.652. The summed E-state index contributed by atoms with van der Waals surface area (Å²) < 4.78 is 0. The lowest BCUT2D eigenvalue weighted by molar-refractivity contribution is -0.122. The number of carbonyl (C=O) groups is 1. The highest BCUT2D eigenvalue weighted by atomic mass is 35.5. The van der Waals surface area contributed by atoms with Crippen LogP contribution in [0.5, 0.6) is 0 Å². The molecule has 1 aliphatic rings. The Morgan fingerprint density at radius 1 is 1.60 bits per heavy atom. The molecule has 0 spiro atoms. The fraction of sp³-hybridized carbons (Fsp3) is 0.455. The zero-order valence-electron chi connectivity index (χ0n) is 8.61. The Morgan fingerprint density at radius 3 is 3.07 bits per heavy atom. The molecule has 1 fully saturated rings. The second-order valence-corrected chi connectivity index (χ2v) is 4.28. The molecule has 1 aliphatic heterocycles. The average molecular weight is 225 g/mol. The van der Waals surface area contributed by atoms with Crippen LogP contribution in [0.1, 0.15) is 13.3 Å². The molecule has 80 valence electrons. The van der Waals surface area contributed by atoms with Gasteiger partial charge in [0, 0.05) is 31.6 Å². The Hall–Kier alpha value is -1.09. The Labute approximate surface area is 94.1 Å². The van der Waals surface area contributed by atoms with Crippen LogP contribution in [-0.4, -0.2) is 23.9 Å². The fourth-order valence-electron chi connectivity index (χ4n) is 1.82. The van der Waals surface area contributed by atoms with Crippen LogP contribution in [0.25, 0.3) is 0 Å². The molecule has 1 atom stereocenters. The van der Waals surface area contributed by atoms with Gasteiger partial charge in [0.05, 0.1) is 5.02 Å². The first-order valence-corrected chi connectivity index (χ1v) is 5.44. The lowest BCUT2D eigenvalue weighted by Gasteiger charge is -2.31. The fourth-order valence-corrected chi connectivity index (χ4v) is 2.06. The molecule has 0 radical (unpaired) electrons. The highest BCUT2D eigenvalue weighted by Crippen LogP contribution is 2.25. The molecule has 0 unspecified atom stereocenters. The van der Waals surface area contributed by atoms with Crippen LogP contribution < -0.4 is 4.90 Å². The van der Waals surface area contributed by atoms with Crippen LogP contribution in [0.15, 0.2) is 18.3 Å². The minimum Gasteiger partial charge on any atom is -0.354 e. The summed E-state index contributed by atoms with van der Waals surface area (Å²) in [6.07, 6.45) is 2.32. The van der Waals surface area contributed by atoms with Crippen molar-refractivity contribution in [3.63, 3.8) is 0 Å². The van der Waals surface area contributed by atoms with Crippen LogP contribution in [0, 0.1) is 5.92 Å². The zero-order valence-corrected chi connectivity index (χ0v) is 9.37. The topological polar surface area (TPSA) is 33.2 Å². The number of hydrogen-bond acceptors (Lipinski definition) is 3. The largest absolute Gasteiger partial charge is 0.354 e. The number of pyridine rings is 1. The van der Waals surface area contributed by atoms with Gasteiger partial charge in [-0.3, -0.25) is 4.79 Å². The van der Waals surface area contributed by atoms with Crippen molar-refractivity contribution in [2.24, 2.45) is 5.92 Å². The van der Waals surface area contributed by atoms with E-state index in [2.05, 4.69) is 9.88 Å². The third-order valence-electron chi connectivity index (χ3n) is 2.71. The molecule has 2 rings (SSSR count). The summed E-state index contributed by atoms with van der Waals surface area (Å²) >= 11 is 6.05. The van der Waals surface area contributed by atoms with Crippen LogP contribution in [0.2, 0.25) is 5.02 Å². The molecule has 0 bridgehead atoms. The molecule has 3 nitrogen and oxygen atoms in total. The average Bonchev–Trinajstić information content (AvgIpc) is 2.23. The molecule has 0 N–H and O–H groups in total. The summed E-state index contributed by atoms with van der Waals surface area (Å²) in [5.74, 6) is 1.20. The summed E-state index contributed by atoms with van der Waals surface area (Å²) in [6, 6.07) is 3.63. The van der Waals surface area contributed by atoms with E-state index < -0.39 is 0 Å². The van der Waals surface area contributed by atoms with Crippen molar-refractivity contribution in [2.75, 3.05) is 18.0 Å². The number of anilines is 1. The van der Waals surface area contributed by atoms with Gasteiger partial charge < -0.3 is 4.90 Å². The highest BCUT2D eigenvalue weighted by Gasteiger charge is 2.25. The van der Waals surface area contributed by atoms with Gasteiger partial charge in [-0.2, -0.15) is 0 Å². The minimum absolute atomic E-state index is 0.0804. The van der Waals surface area contributed by atoms with E-state index in [9.17, 15) is 4.79 Å². The predicted molar refractivity (Wildman–Crippen MR) is 60.2 cm³/mol. The molecule has 4 heteroatoms. The molecule has 0 saturated carbocycles. The number of halogens is 1. The van der Waals surface area contributed by atoms with Gasteiger partial charge in [-0.1, -0.05) is 18.5 Å². The lowest BCUT2D eigenvalue weighted by Crippen LogP contribution is -2.40. The summed E-state index contributed by atoms with van der Waals surface area (Å²) in [5.41, 5.74) is 0. The van der Waals surface area contributed by atoms with E-state index in [0.29, 0.717) is 17.2 Å². The molecule has 1 saturated heterocycles. The molecule has 1 aromatic heterocycles. The second-order valence-electron chi connectivity index (χ2n) is 3.87. The number of rotatable bonds is 1. The third kappa shape index (κ3) is 2.12. The SMILES string of the molecule is C[C@@H]1CN(c2ncccc2Cl)CCC1=O. The van der Waals surface area contributed by atoms with Crippen molar-refractivity contribution in [3.05, 3.63) is 23.4 Å². The molecule has 0 amide bonds. The van der Waals surface area contributed by atoms with Crippen LogP contribution in [-0.2, 0) is 4.79 Å². The standard InChI is InChI=1S/C11H13ClN2O/c1-8-7-14(6-4-10(8)15)11-9(12)3-2-5-13-11/h2-3,5,8H,4,6-7H2,1H3/t8-/m1/s1. The normalized spacial score (nSPS) is 21.9. The highest BCUT2D eigenvalue weighted by molar-refractivity contribution is 6.32. The Balaban J connectivity index is 2.19. The lowest BCUT2D eigenvalue weighted by atomic mass is 9.99.